The molecule has 0 bridgehead atoms. The highest BCUT2D eigenvalue weighted by atomic mass is 32.2. The summed E-state index contributed by atoms with van der Waals surface area (Å²) < 4.78 is 40.2. The number of halogens is 3. The van der Waals surface area contributed by atoms with Crippen LogP contribution in [-0.4, -0.2) is 9.78 Å². The fraction of sp³-hybridized carbons (Fsp3) is 0.267. The van der Waals surface area contributed by atoms with E-state index in [0.29, 0.717) is 10.6 Å². The summed E-state index contributed by atoms with van der Waals surface area (Å²) in [6.45, 7) is 2.02. The van der Waals surface area contributed by atoms with Gasteiger partial charge in [-0.05, 0) is 25.1 Å². The van der Waals surface area contributed by atoms with E-state index in [4.69, 9.17) is 0 Å². The topological polar surface area (TPSA) is 17.8 Å². The van der Waals surface area contributed by atoms with E-state index in [2.05, 4.69) is 5.10 Å². The highest BCUT2D eigenvalue weighted by Gasteiger charge is 2.37. The van der Waals surface area contributed by atoms with Gasteiger partial charge < -0.3 is 0 Å². The Labute approximate surface area is 133 Å². The average molecular weight is 342 g/mol. The normalized spacial score (nSPS) is 12.2. The van der Waals surface area contributed by atoms with Crippen molar-refractivity contribution in [2.75, 3.05) is 0 Å². The summed E-state index contributed by atoms with van der Waals surface area (Å²) in [6, 6.07) is 9.71. The minimum atomic E-state index is -4.41. The van der Waals surface area contributed by atoms with Crippen LogP contribution in [0, 0.1) is 6.92 Å². The lowest BCUT2D eigenvalue weighted by Crippen LogP contribution is -2.07. The van der Waals surface area contributed by atoms with Crippen molar-refractivity contribution >= 4 is 33.3 Å². The second kappa shape index (κ2) is 5.62. The number of thiophene rings is 1. The molecule has 0 aliphatic carbocycles. The number of benzene rings is 1. The summed E-state index contributed by atoms with van der Waals surface area (Å²) >= 11 is 2.98. The second-order valence-corrected chi connectivity index (χ2v) is 7.17. The molecule has 1 aromatic carbocycles. The highest BCUT2D eigenvalue weighted by molar-refractivity contribution is 7.98. The highest BCUT2D eigenvalue weighted by Crippen LogP contribution is 2.38. The van der Waals surface area contributed by atoms with Crippen molar-refractivity contribution in [2.45, 2.75) is 23.7 Å². The molecule has 0 radical (unpaired) electrons. The van der Waals surface area contributed by atoms with E-state index >= 15 is 0 Å². The van der Waals surface area contributed by atoms with E-state index in [1.165, 1.54) is 21.6 Å². The number of alkyl halides is 3. The first-order valence-electron chi connectivity index (χ1n) is 6.56. The Morgan fingerprint density at radius 2 is 1.91 bits per heavy atom. The molecule has 0 amide bonds. The van der Waals surface area contributed by atoms with Crippen molar-refractivity contribution < 1.29 is 13.2 Å². The van der Waals surface area contributed by atoms with Gasteiger partial charge >= 0.3 is 6.18 Å². The first kappa shape index (κ1) is 15.4. The van der Waals surface area contributed by atoms with E-state index in [1.54, 1.807) is 24.9 Å². The molecule has 116 valence electrons. The van der Waals surface area contributed by atoms with E-state index < -0.39 is 11.9 Å². The molecule has 0 saturated carbocycles. The Morgan fingerprint density at radius 3 is 2.55 bits per heavy atom. The SMILES string of the molecule is Cc1ccc(SCc2cc3c(C(F)(F)F)nn(C)c3s2)cc1. The smallest absolute Gasteiger partial charge is 0.257 e. The monoisotopic (exact) mass is 342 g/mol. The van der Waals surface area contributed by atoms with Crippen LogP contribution >= 0.6 is 23.1 Å². The molecule has 2 nitrogen and oxygen atoms in total. The fourth-order valence-corrected chi connectivity index (χ4v) is 4.16. The first-order chi connectivity index (χ1) is 10.3. The number of hydrogen-bond acceptors (Lipinski definition) is 3. The van der Waals surface area contributed by atoms with Crippen LogP contribution < -0.4 is 0 Å². The number of aryl methyl sites for hydroxylation is 2. The zero-order chi connectivity index (χ0) is 15.9. The third-order valence-electron chi connectivity index (χ3n) is 3.23. The minimum absolute atomic E-state index is 0.194. The van der Waals surface area contributed by atoms with Crippen molar-refractivity contribution in [3.05, 3.63) is 46.5 Å². The Hall–Kier alpha value is -1.47. The largest absolute Gasteiger partial charge is 0.435 e. The van der Waals surface area contributed by atoms with Crippen molar-refractivity contribution in [1.29, 1.82) is 0 Å². The first-order valence-corrected chi connectivity index (χ1v) is 8.37. The van der Waals surface area contributed by atoms with Crippen LogP contribution in [0.25, 0.3) is 10.2 Å². The van der Waals surface area contributed by atoms with Gasteiger partial charge in [-0.1, -0.05) is 17.7 Å². The maximum Gasteiger partial charge on any atom is 0.435 e. The van der Waals surface area contributed by atoms with Gasteiger partial charge in [0.1, 0.15) is 4.83 Å². The number of thioether (sulfide) groups is 1. The minimum Gasteiger partial charge on any atom is -0.257 e. The lowest BCUT2D eigenvalue weighted by atomic mass is 10.2. The van der Waals surface area contributed by atoms with Crippen LogP contribution in [0.3, 0.4) is 0 Å². The molecule has 22 heavy (non-hydrogen) atoms. The van der Waals surface area contributed by atoms with Gasteiger partial charge in [0, 0.05) is 28.0 Å². The van der Waals surface area contributed by atoms with Crippen LogP contribution in [0.4, 0.5) is 13.2 Å². The maximum absolute atomic E-state index is 13.0. The molecule has 0 saturated heterocycles. The summed E-state index contributed by atoms with van der Waals surface area (Å²) in [5, 5.41) is 3.78. The Kier molecular flexibility index (Phi) is 3.94. The fourth-order valence-electron chi connectivity index (χ4n) is 2.16. The molecule has 0 fully saturated rings. The zero-order valence-electron chi connectivity index (χ0n) is 11.9. The summed E-state index contributed by atoms with van der Waals surface area (Å²) in [4.78, 5) is 2.59. The molecule has 3 aromatic rings. The molecule has 0 aliphatic heterocycles. The van der Waals surface area contributed by atoms with Gasteiger partial charge in [-0.25, -0.2) is 0 Å². The Balaban J connectivity index is 1.85. The van der Waals surface area contributed by atoms with Crippen LogP contribution in [-0.2, 0) is 19.0 Å². The lowest BCUT2D eigenvalue weighted by Gasteiger charge is -2.02. The van der Waals surface area contributed by atoms with Gasteiger partial charge in [-0.15, -0.1) is 23.1 Å². The number of rotatable bonds is 3. The standard InChI is InChI=1S/C15H13F3N2S2/c1-9-3-5-10(6-4-9)21-8-11-7-12-13(15(16,17)18)19-20(2)14(12)22-11/h3-7H,8H2,1-2H3. The van der Waals surface area contributed by atoms with Gasteiger partial charge in [0.2, 0.25) is 0 Å². The third-order valence-corrected chi connectivity index (χ3v) is 5.68. The van der Waals surface area contributed by atoms with Gasteiger partial charge in [-0.2, -0.15) is 18.3 Å². The second-order valence-electron chi connectivity index (χ2n) is 5.00. The number of hydrogen-bond donors (Lipinski definition) is 0. The number of aromatic nitrogens is 2. The summed E-state index contributed by atoms with van der Waals surface area (Å²) in [6.07, 6.45) is -4.41. The maximum atomic E-state index is 13.0. The van der Waals surface area contributed by atoms with E-state index in [9.17, 15) is 13.2 Å². The molecule has 0 spiro atoms. The Bertz CT molecular complexity index is 801. The van der Waals surface area contributed by atoms with Crippen LogP contribution in [0.5, 0.6) is 0 Å². The quantitative estimate of drug-likeness (QED) is 0.605. The molecule has 0 N–H and O–H groups in total. The van der Waals surface area contributed by atoms with Crippen LogP contribution in [0.15, 0.2) is 35.2 Å². The van der Waals surface area contributed by atoms with Gasteiger partial charge in [0.05, 0.1) is 0 Å². The Morgan fingerprint density at radius 1 is 1.23 bits per heavy atom. The van der Waals surface area contributed by atoms with E-state index in [1.807, 2.05) is 31.2 Å². The average Bonchev–Trinajstić information content (AvgIpc) is 2.98. The molecule has 7 heteroatoms. The molecule has 0 aliphatic rings. The van der Waals surface area contributed by atoms with Crippen molar-refractivity contribution in [1.82, 2.24) is 9.78 Å². The van der Waals surface area contributed by atoms with E-state index in [0.717, 1.165) is 9.77 Å². The summed E-state index contributed by atoms with van der Waals surface area (Å²) in [5.41, 5.74) is 0.389. The van der Waals surface area contributed by atoms with Gasteiger partial charge in [0.15, 0.2) is 5.69 Å². The van der Waals surface area contributed by atoms with Gasteiger partial charge in [-0.3, -0.25) is 4.68 Å². The molecule has 2 heterocycles. The predicted octanol–water partition coefficient (Wildman–Crippen LogP) is 5.25. The lowest BCUT2D eigenvalue weighted by molar-refractivity contribution is -0.140. The number of nitrogens with zero attached hydrogens (tertiary/aromatic N) is 2. The third kappa shape index (κ3) is 3.01. The number of fused-ring (bicyclic) bond motifs is 1. The molecule has 3 rings (SSSR count). The molecule has 2 aromatic heterocycles. The van der Waals surface area contributed by atoms with Gasteiger partial charge in [0.25, 0.3) is 0 Å². The van der Waals surface area contributed by atoms with Crippen LogP contribution in [0.2, 0.25) is 0 Å². The van der Waals surface area contributed by atoms with E-state index in [-0.39, 0.29) is 5.39 Å². The summed E-state index contributed by atoms with van der Waals surface area (Å²) in [5.74, 6) is 0.652. The molecular weight excluding hydrogens is 329 g/mol. The van der Waals surface area contributed by atoms with Crippen molar-refractivity contribution in [3.8, 4) is 0 Å². The summed E-state index contributed by atoms with van der Waals surface area (Å²) in [7, 11) is 1.55. The van der Waals surface area contributed by atoms with Crippen molar-refractivity contribution in [2.24, 2.45) is 7.05 Å². The molecular formula is C15H13F3N2S2. The molecule has 0 atom stereocenters. The molecule has 0 unspecified atom stereocenters. The predicted molar refractivity (Wildman–Crippen MR) is 84.3 cm³/mol. The zero-order valence-corrected chi connectivity index (χ0v) is 13.6. The van der Waals surface area contributed by atoms with Crippen LogP contribution in [0.1, 0.15) is 16.1 Å². The van der Waals surface area contributed by atoms with Crippen molar-refractivity contribution in [3.63, 3.8) is 0 Å².